The van der Waals surface area contributed by atoms with Crippen LogP contribution in [0.15, 0.2) is 77.9 Å². The summed E-state index contributed by atoms with van der Waals surface area (Å²) < 4.78 is 0. The van der Waals surface area contributed by atoms with Crippen molar-refractivity contribution in [2.45, 2.75) is 31.1 Å². The van der Waals surface area contributed by atoms with Gasteiger partial charge in [0, 0.05) is 22.9 Å². The summed E-state index contributed by atoms with van der Waals surface area (Å²) in [5, 5.41) is 15.8. The van der Waals surface area contributed by atoms with E-state index in [9.17, 15) is 9.59 Å². The Bertz CT molecular complexity index is 1380. The molecule has 6 nitrogen and oxygen atoms in total. The molecule has 0 bridgehead atoms. The Morgan fingerprint density at radius 2 is 1.69 bits per heavy atom. The summed E-state index contributed by atoms with van der Waals surface area (Å²) in [7, 11) is 0. The van der Waals surface area contributed by atoms with E-state index in [4.69, 9.17) is 33.7 Å². The van der Waals surface area contributed by atoms with Crippen molar-refractivity contribution in [3.05, 3.63) is 99.5 Å². The van der Waals surface area contributed by atoms with Crippen LogP contribution in [0.5, 0.6) is 0 Å². The summed E-state index contributed by atoms with van der Waals surface area (Å²) in [4.78, 5) is 27.0. The van der Waals surface area contributed by atoms with Crippen LogP contribution in [0.2, 0.25) is 10.0 Å². The first-order valence-electron chi connectivity index (χ1n) is 11.4. The summed E-state index contributed by atoms with van der Waals surface area (Å²) in [5.74, 6) is -0.672. The molecule has 0 saturated carbocycles. The molecule has 2 aliphatic heterocycles. The molecule has 0 unspecified atom stereocenters. The lowest BCUT2D eigenvalue weighted by Crippen LogP contribution is -2.32. The molecule has 0 spiro atoms. The SMILES string of the molecule is Cc1ccc(C2=NN(C(=N)S[C@H]3CC(=O)N(c4cccc(Cl)c4)C3=O)[C@H](c3ccc(Cl)cc3)C2)cc1. The fourth-order valence-electron chi connectivity index (χ4n) is 4.33. The summed E-state index contributed by atoms with van der Waals surface area (Å²) in [6, 6.07) is 22.0. The van der Waals surface area contributed by atoms with E-state index < -0.39 is 5.25 Å². The molecule has 0 aromatic heterocycles. The quantitative estimate of drug-likeness (QED) is 0.236. The van der Waals surface area contributed by atoms with Gasteiger partial charge in [0.2, 0.25) is 11.8 Å². The van der Waals surface area contributed by atoms with Crippen molar-refractivity contribution < 1.29 is 9.59 Å². The van der Waals surface area contributed by atoms with Gasteiger partial charge in [-0.15, -0.1) is 0 Å². The number of hydrogen-bond donors (Lipinski definition) is 1. The Morgan fingerprint density at radius 1 is 0.972 bits per heavy atom. The number of amides is 2. The number of hydrazone groups is 1. The Morgan fingerprint density at radius 3 is 2.39 bits per heavy atom. The van der Waals surface area contributed by atoms with E-state index in [2.05, 4.69) is 0 Å². The second-order valence-electron chi connectivity index (χ2n) is 8.69. The van der Waals surface area contributed by atoms with Gasteiger partial charge in [-0.1, -0.05) is 83.0 Å². The highest BCUT2D eigenvalue weighted by atomic mass is 35.5. The largest absolute Gasteiger partial charge is 0.277 e. The van der Waals surface area contributed by atoms with E-state index >= 15 is 0 Å². The first kappa shape index (κ1) is 24.6. The van der Waals surface area contributed by atoms with Crippen LogP contribution in [-0.4, -0.2) is 33.0 Å². The lowest BCUT2D eigenvalue weighted by Gasteiger charge is -2.24. The minimum absolute atomic E-state index is 0.00633. The minimum atomic E-state index is -0.714. The number of nitrogens with zero attached hydrogens (tertiary/aromatic N) is 3. The number of anilines is 1. The zero-order valence-corrected chi connectivity index (χ0v) is 21.6. The highest BCUT2D eigenvalue weighted by Gasteiger charge is 2.42. The topological polar surface area (TPSA) is 76.8 Å². The fourth-order valence-corrected chi connectivity index (χ4v) is 5.62. The Labute approximate surface area is 223 Å². The van der Waals surface area contributed by atoms with Crippen LogP contribution in [0.4, 0.5) is 5.69 Å². The molecule has 1 saturated heterocycles. The smallest absolute Gasteiger partial charge is 0.247 e. The van der Waals surface area contributed by atoms with Gasteiger partial charge in [-0.3, -0.25) is 15.0 Å². The normalized spacial score (nSPS) is 19.7. The molecule has 9 heteroatoms. The number of nitrogens with one attached hydrogen (secondary N) is 1. The van der Waals surface area contributed by atoms with Crippen molar-refractivity contribution >= 4 is 63.3 Å². The van der Waals surface area contributed by atoms with Crippen molar-refractivity contribution in [2.24, 2.45) is 5.10 Å². The molecule has 0 radical (unpaired) electrons. The van der Waals surface area contributed by atoms with Gasteiger partial charge in [-0.25, -0.2) is 9.91 Å². The Balaban J connectivity index is 1.40. The Hall–Kier alpha value is -3.13. The van der Waals surface area contributed by atoms with Crippen molar-refractivity contribution in [1.82, 2.24) is 5.01 Å². The number of imide groups is 1. The van der Waals surface area contributed by atoms with Crippen molar-refractivity contribution in [1.29, 1.82) is 5.41 Å². The highest BCUT2D eigenvalue weighted by Crippen LogP contribution is 2.38. The summed E-state index contributed by atoms with van der Waals surface area (Å²) in [6.45, 7) is 2.03. The molecule has 1 N–H and O–H groups in total. The minimum Gasteiger partial charge on any atom is -0.277 e. The lowest BCUT2D eigenvalue weighted by atomic mass is 9.98. The van der Waals surface area contributed by atoms with Gasteiger partial charge >= 0.3 is 0 Å². The van der Waals surface area contributed by atoms with Crippen LogP contribution < -0.4 is 4.90 Å². The number of halogens is 2. The van der Waals surface area contributed by atoms with E-state index in [1.54, 1.807) is 29.3 Å². The van der Waals surface area contributed by atoms with E-state index in [1.165, 1.54) is 0 Å². The summed E-state index contributed by atoms with van der Waals surface area (Å²) >= 11 is 13.2. The van der Waals surface area contributed by atoms with Gasteiger partial charge in [-0.2, -0.15) is 5.10 Å². The number of aryl methyl sites for hydroxylation is 1. The number of rotatable bonds is 4. The maximum atomic E-state index is 13.2. The van der Waals surface area contributed by atoms with Crippen LogP contribution in [0.25, 0.3) is 0 Å². The van der Waals surface area contributed by atoms with Gasteiger partial charge in [0.25, 0.3) is 0 Å². The number of benzene rings is 3. The molecule has 2 atom stereocenters. The molecular weight excluding hydrogens is 515 g/mol. The average Bonchev–Trinajstić information content (AvgIpc) is 3.41. The standard InChI is InChI=1S/C27H22Cl2N4O2S/c1-16-5-7-17(8-6-16)22-14-23(18-9-11-19(28)12-10-18)33(31-22)27(30)36-24-15-25(34)32(26(24)35)21-4-2-3-20(29)13-21/h2-13,23-24,30H,14-15H2,1H3/t23-,24-/m0/s1. The lowest BCUT2D eigenvalue weighted by molar-refractivity contribution is -0.121. The first-order chi connectivity index (χ1) is 17.3. The van der Waals surface area contributed by atoms with E-state index in [1.807, 2.05) is 55.5 Å². The van der Waals surface area contributed by atoms with E-state index in [0.29, 0.717) is 22.2 Å². The van der Waals surface area contributed by atoms with Crippen LogP contribution in [0, 0.1) is 12.3 Å². The van der Waals surface area contributed by atoms with Crippen molar-refractivity contribution in [3.8, 4) is 0 Å². The van der Waals surface area contributed by atoms with Gasteiger partial charge in [0.15, 0.2) is 5.17 Å². The zero-order valence-electron chi connectivity index (χ0n) is 19.3. The molecule has 2 heterocycles. The van der Waals surface area contributed by atoms with E-state index in [-0.39, 0.29) is 29.4 Å². The van der Waals surface area contributed by atoms with Crippen LogP contribution in [0.3, 0.4) is 0 Å². The van der Waals surface area contributed by atoms with Gasteiger partial charge in [-0.05, 0) is 48.4 Å². The molecular formula is C27H22Cl2N4O2S. The maximum Gasteiger partial charge on any atom is 0.247 e. The predicted octanol–water partition coefficient (Wildman–Crippen LogP) is 6.45. The van der Waals surface area contributed by atoms with Crippen LogP contribution in [-0.2, 0) is 9.59 Å². The number of carbonyl (C=O) groups excluding carboxylic acids is 2. The number of hydrogen-bond acceptors (Lipinski definition) is 5. The Kier molecular flexibility index (Phi) is 6.88. The van der Waals surface area contributed by atoms with Crippen molar-refractivity contribution in [3.63, 3.8) is 0 Å². The fraction of sp³-hybridized carbons (Fsp3) is 0.185. The molecule has 5 rings (SSSR count). The highest BCUT2D eigenvalue weighted by molar-refractivity contribution is 8.14. The number of carbonyl (C=O) groups is 2. The zero-order chi connectivity index (χ0) is 25.4. The van der Waals surface area contributed by atoms with Gasteiger partial charge < -0.3 is 0 Å². The third-order valence-corrected chi connectivity index (χ3v) is 7.73. The first-order valence-corrected chi connectivity index (χ1v) is 13.0. The average molecular weight is 537 g/mol. The van der Waals surface area contributed by atoms with Crippen LogP contribution >= 0.6 is 35.0 Å². The third-order valence-electron chi connectivity index (χ3n) is 6.18. The van der Waals surface area contributed by atoms with Crippen LogP contribution in [0.1, 0.15) is 35.6 Å². The molecule has 36 heavy (non-hydrogen) atoms. The molecule has 1 fully saturated rings. The molecule has 2 amide bonds. The third kappa shape index (κ3) is 4.91. The second-order valence-corrected chi connectivity index (χ2v) is 10.8. The van der Waals surface area contributed by atoms with E-state index in [0.717, 1.165) is 39.1 Å². The molecule has 3 aromatic rings. The van der Waals surface area contributed by atoms with Gasteiger partial charge in [0.1, 0.15) is 5.25 Å². The molecule has 0 aliphatic carbocycles. The molecule has 3 aromatic carbocycles. The second kappa shape index (κ2) is 10.1. The van der Waals surface area contributed by atoms with Gasteiger partial charge in [0.05, 0.1) is 17.4 Å². The number of amidine groups is 1. The summed E-state index contributed by atoms with van der Waals surface area (Å²) in [6.07, 6.45) is 0.603. The molecule has 182 valence electrons. The molecule has 2 aliphatic rings. The summed E-state index contributed by atoms with van der Waals surface area (Å²) in [5.41, 5.74) is 4.39. The monoisotopic (exact) mass is 536 g/mol. The maximum absolute atomic E-state index is 13.2. The van der Waals surface area contributed by atoms with Crippen molar-refractivity contribution in [2.75, 3.05) is 4.90 Å². The predicted molar refractivity (Wildman–Crippen MR) is 146 cm³/mol. The number of thioether (sulfide) groups is 1.